The molecule has 2 aromatic rings. The second kappa shape index (κ2) is 5.82. The minimum atomic E-state index is -1.62. The number of aliphatic hydroxyl groups is 1. The fourth-order valence-electron chi connectivity index (χ4n) is 2.17. The average molecular weight is 292 g/mol. The van der Waals surface area contributed by atoms with Crippen molar-refractivity contribution in [3.63, 3.8) is 0 Å². The standard InChI is InChI=1S/C17H18F2O2/c1-11(2)21-13-9-7-12(8-10-13)17(3,20)14-5-4-6-15(18)16(14)19/h4-11,20H,1-3H3. The predicted molar refractivity (Wildman–Crippen MR) is 77.2 cm³/mol. The van der Waals surface area contributed by atoms with Crippen LogP contribution in [0.4, 0.5) is 8.78 Å². The van der Waals surface area contributed by atoms with E-state index < -0.39 is 17.2 Å². The van der Waals surface area contributed by atoms with Gasteiger partial charge in [0.2, 0.25) is 0 Å². The van der Waals surface area contributed by atoms with Gasteiger partial charge < -0.3 is 9.84 Å². The molecule has 0 fully saturated rings. The zero-order valence-electron chi connectivity index (χ0n) is 12.2. The van der Waals surface area contributed by atoms with Crippen LogP contribution in [0, 0.1) is 11.6 Å². The van der Waals surface area contributed by atoms with Crippen LogP contribution in [0.15, 0.2) is 42.5 Å². The minimum absolute atomic E-state index is 0.0389. The maximum Gasteiger partial charge on any atom is 0.165 e. The van der Waals surface area contributed by atoms with E-state index >= 15 is 0 Å². The Hall–Kier alpha value is -1.94. The summed E-state index contributed by atoms with van der Waals surface area (Å²) in [5.41, 5.74) is -1.26. The molecule has 0 radical (unpaired) electrons. The van der Waals surface area contributed by atoms with Gasteiger partial charge in [0.1, 0.15) is 11.4 Å². The van der Waals surface area contributed by atoms with Gasteiger partial charge in [0.05, 0.1) is 6.10 Å². The van der Waals surface area contributed by atoms with E-state index in [0.717, 1.165) is 6.07 Å². The van der Waals surface area contributed by atoms with Crippen LogP contribution in [0.1, 0.15) is 31.9 Å². The molecule has 112 valence electrons. The Balaban J connectivity index is 2.37. The van der Waals surface area contributed by atoms with Gasteiger partial charge in [-0.1, -0.05) is 24.3 Å². The smallest absolute Gasteiger partial charge is 0.165 e. The number of hydrogen-bond acceptors (Lipinski definition) is 2. The highest BCUT2D eigenvalue weighted by molar-refractivity contribution is 5.39. The molecule has 0 heterocycles. The van der Waals surface area contributed by atoms with Crippen molar-refractivity contribution in [2.75, 3.05) is 0 Å². The highest BCUT2D eigenvalue weighted by Crippen LogP contribution is 2.32. The minimum Gasteiger partial charge on any atom is -0.491 e. The molecule has 1 N–H and O–H groups in total. The first-order valence-corrected chi connectivity index (χ1v) is 6.76. The number of halogens is 2. The molecule has 0 aromatic heterocycles. The van der Waals surface area contributed by atoms with Crippen LogP contribution in [-0.4, -0.2) is 11.2 Å². The van der Waals surface area contributed by atoms with Crippen molar-refractivity contribution in [2.45, 2.75) is 32.5 Å². The lowest BCUT2D eigenvalue weighted by Gasteiger charge is -2.25. The Bertz CT molecular complexity index is 619. The van der Waals surface area contributed by atoms with E-state index in [1.165, 1.54) is 19.1 Å². The van der Waals surface area contributed by atoms with E-state index in [1.807, 2.05) is 13.8 Å². The molecule has 0 spiro atoms. The summed E-state index contributed by atoms with van der Waals surface area (Å²) in [5, 5.41) is 10.6. The lowest BCUT2D eigenvalue weighted by Crippen LogP contribution is -2.24. The molecule has 4 heteroatoms. The normalized spacial score (nSPS) is 14.0. The molecule has 21 heavy (non-hydrogen) atoms. The van der Waals surface area contributed by atoms with Gasteiger partial charge in [-0.3, -0.25) is 0 Å². The van der Waals surface area contributed by atoms with E-state index in [1.54, 1.807) is 24.3 Å². The van der Waals surface area contributed by atoms with Crippen molar-refractivity contribution in [3.05, 3.63) is 65.2 Å². The molecule has 2 aromatic carbocycles. The number of rotatable bonds is 4. The maximum atomic E-state index is 13.9. The fourth-order valence-corrected chi connectivity index (χ4v) is 2.17. The largest absolute Gasteiger partial charge is 0.491 e. The molecule has 0 saturated heterocycles. The third-order valence-electron chi connectivity index (χ3n) is 3.26. The van der Waals surface area contributed by atoms with Gasteiger partial charge in [-0.25, -0.2) is 8.78 Å². The Morgan fingerprint density at radius 2 is 1.67 bits per heavy atom. The van der Waals surface area contributed by atoms with Gasteiger partial charge in [0.25, 0.3) is 0 Å². The van der Waals surface area contributed by atoms with E-state index in [-0.39, 0.29) is 11.7 Å². The summed E-state index contributed by atoms with van der Waals surface area (Å²) in [7, 11) is 0. The number of hydrogen-bond donors (Lipinski definition) is 1. The zero-order valence-corrected chi connectivity index (χ0v) is 12.2. The van der Waals surface area contributed by atoms with Gasteiger partial charge in [0, 0.05) is 5.56 Å². The molecule has 0 saturated carbocycles. The number of benzene rings is 2. The predicted octanol–water partition coefficient (Wildman–Crippen LogP) is 4.01. The highest BCUT2D eigenvalue weighted by atomic mass is 19.2. The van der Waals surface area contributed by atoms with Crippen molar-refractivity contribution < 1.29 is 18.6 Å². The summed E-state index contributed by atoms with van der Waals surface area (Å²) in [6.45, 7) is 5.25. The van der Waals surface area contributed by atoms with Crippen LogP contribution in [-0.2, 0) is 5.60 Å². The van der Waals surface area contributed by atoms with Crippen LogP contribution >= 0.6 is 0 Å². The Labute approximate surface area is 123 Å². The van der Waals surface area contributed by atoms with Crippen molar-refractivity contribution in [1.82, 2.24) is 0 Å². The van der Waals surface area contributed by atoms with Gasteiger partial charge in [-0.05, 0) is 44.5 Å². The Morgan fingerprint density at radius 1 is 1.05 bits per heavy atom. The Kier molecular flexibility index (Phi) is 4.28. The third kappa shape index (κ3) is 3.22. The van der Waals surface area contributed by atoms with Gasteiger partial charge in [-0.15, -0.1) is 0 Å². The lowest BCUT2D eigenvalue weighted by atomic mass is 9.88. The van der Waals surface area contributed by atoms with Crippen LogP contribution in [0.3, 0.4) is 0 Å². The van der Waals surface area contributed by atoms with E-state index in [2.05, 4.69) is 0 Å². The highest BCUT2D eigenvalue weighted by Gasteiger charge is 2.30. The van der Waals surface area contributed by atoms with Crippen LogP contribution in [0.5, 0.6) is 5.75 Å². The summed E-state index contributed by atoms with van der Waals surface area (Å²) in [5.74, 6) is -1.36. The molecule has 0 aliphatic rings. The first kappa shape index (κ1) is 15.4. The van der Waals surface area contributed by atoms with Gasteiger partial charge >= 0.3 is 0 Å². The first-order valence-electron chi connectivity index (χ1n) is 6.76. The van der Waals surface area contributed by atoms with E-state index in [9.17, 15) is 13.9 Å². The molecular formula is C17H18F2O2. The van der Waals surface area contributed by atoms with Crippen LogP contribution in [0.2, 0.25) is 0 Å². The zero-order chi connectivity index (χ0) is 15.6. The molecular weight excluding hydrogens is 274 g/mol. The van der Waals surface area contributed by atoms with Crippen molar-refractivity contribution in [3.8, 4) is 5.75 Å². The third-order valence-corrected chi connectivity index (χ3v) is 3.26. The summed E-state index contributed by atoms with van der Waals surface area (Å²) < 4.78 is 32.7. The monoisotopic (exact) mass is 292 g/mol. The fraction of sp³-hybridized carbons (Fsp3) is 0.294. The SMILES string of the molecule is CC(C)Oc1ccc(C(C)(O)c2cccc(F)c2F)cc1. The number of ether oxygens (including phenoxy) is 1. The van der Waals surface area contributed by atoms with Crippen molar-refractivity contribution in [1.29, 1.82) is 0 Å². The summed E-state index contributed by atoms with van der Waals surface area (Å²) in [6, 6.07) is 10.4. The Morgan fingerprint density at radius 3 is 2.24 bits per heavy atom. The second-order valence-electron chi connectivity index (χ2n) is 5.36. The van der Waals surface area contributed by atoms with Crippen molar-refractivity contribution >= 4 is 0 Å². The molecule has 0 bridgehead atoms. The first-order chi connectivity index (χ1) is 9.82. The molecule has 0 amide bonds. The summed E-state index contributed by atoms with van der Waals surface area (Å²) >= 11 is 0. The molecule has 1 atom stereocenters. The molecule has 1 unspecified atom stereocenters. The molecule has 0 aliphatic heterocycles. The van der Waals surface area contributed by atoms with Gasteiger partial charge in [-0.2, -0.15) is 0 Å². The molecule has 2 rings (SSSR count). The van der Waals surface area contributed by atoms with Crippen molar-refractivity contribution in [2.24, 2.45) is 0 Å². The lowest BCUT2D eigenvalue weighted by molar-refractivity contribution is 0.0969. The van der Waals surface area contributed by atoms with Crippen LogP contribution in [0.25, 0.3) is 0 Å². The maximum absolute atomic E-state index is 13.9. The van der Waals surface area contributed by atoms with Crippen LogP contribution < -0.4 is 4.74 Å². The average Bonchev–Trinajstić information content (AvgIpc) is 2.41. The molecule has 2 nitrogen and oxygen atoms in total. The van der Waals surface area contributed by atoms with E-state index in [4.69, 9.17) is 4.74 Å². The quantitative estimate of drug-likeness (QED) is 0.922. The van der Waals surface area contributed by atoms with E-state index in [0.29, 0.717) is 11.3 Å². The molecule has 0 aliphatic carbocycles. The summed E-state index contributed by atoms with van der Waals surface area (Å²) in [4.78, 5) is 0. The summed E-state index contributed by atoms with van der Waals surface area (Å²) in [6.07, 6.45) is 0.0389. The second-order valence-corrected chi connectivity index (χ2v) is 5.36. The topological polar surface area (TPSA) is 29.5 Å². The van der Waals surface area contributed by atoms with Gasteiger partial charge in [0.15, 0.2) is 11.6 Å².